The molecule has 0 bridgehead atoms. The zero-order chi connectivity index (χ0) is 15.7. The summed E-state index contributed by atoms with van der Waals surface area (Å²) >= 11 is 0. The number of morpholine rings is 1. The van der Waals surface area contributed by atoms with E-state index in [1.165, 1.54) is 0 Å². The van der Waals surface area contributed by atoms with Gasteiger partial charge in [-0.2, -0.15) is 0 Å². The van der Waals surface area contributed by atoms with Gasteiger partial charge in [0.25, 0.3) is 0 Å². The van der Waals surface area contributed by atoms with Crippen molar-refractivity contribution in [3.8, 4) is 0 Å². The van der Waals surface area contributed by atoms with Gasteiger partial charge in [-0.05, 0) is 33.3 Å². The molecule has 0 saturated carbocycles. The lowest BCUT2D eigenvalue weighted by Gasteiger charge is -2.44. The van der Waals surface area contributed by atoms with Crippen LogP contribution in [0.5, 0.6) is 0 Å². The van der Waals surface area contributed by atoms with Crippen molar-refractivity contribution in [2.45, 2.75) is 44.8 Å². The van der Waals surface area contributed by atoms with Crippen LogP contribution in [-0.2, 0) is 14.9 Å². The van der Waals surface area contributed by atoms with Crippen LogP contribution in [0.25, 0.3) is 0 Å². The van der Waals surface area contributed by atoms with E-state index in [0.717, 1.165) is 5.56 Å². The number of carbonyl (C=O) groups is 1. The third-order valence-electron chi connectivity index (χ3n) is 4.00. The van der Waals surface area contributed by atoms with Crippen LogP contribution in [0, 0.1) is 0 Å². The Balaban J connectivity index is 2.22. The summed E-state index contributed by atoms with van der Waals surface area (Å²) in [6, 6.07) is 9.80. The Hall–Kier alpha value is -1.39. The Morgan fingerprint density at radius 1 is 1.38 bits per heavy atom. The number of aliphatic hydroxyl groups is 1. The molecule has 4 heteroatoms. The van der Waals surface area contributed by atoms with Crippen LogP contribution >= 0.6 is 0 Å². The molecule has 0 aromatic heterocycles. The predicted octanol–water partition coefficient (Wildman–Crippen LogP) is 1.96. The first kappa shape index (κ1) is 16.0. The molecule has 2 rings (SSSR count). The topological polar surface area (TPSA) is 49.8 Å². The van der Waals surface area contributed by atoms with Gasteiger partial charge in [-0.1, -0.05) is 30.3 Å². The number of ether oxygens (including phenoxy) is 1. The monoisotopic (exact) mass is 291 g/mol. The van der Waals surface area contributed by atoms with E-state index >= 15 is 0 Å². The van der Waals surface area contributed by atoms with E-state index in [1.54, 1.807) is 0 Å². The lowest BCUT2D eigenvalue weighted by atomic mass is 9.82. The van der Waals surface area contributed by atoms with E-state index in [2.05, 4.69) is 0 Å². The van der Waals surface area contributed by atoms with Gasteiger partial charge in [0.15, 0.2) is 0 Å². The van der Waals surface area contributed by atoms with Crippen molar-refractivity contribution in [3.05, 3.63) is 35.9 Å². The smallest absolute Gasteiger partial charge is 0.232 e. The summed E-state index contributed by atoms with van der Waals surface area (Å²) in [4.78, 5) is 14.8. The van der Waals surface area contributed by atoms with E-state index < -0.39 is 11.0 Å². The van der Waals surface area contributed by atoms with Gasteiger partial charge in [0, 0.05) is 13.1 Å². The second-order valence-electron chi connectivity index (χ2n) is 6.86. The van der Waals surface area contributed by atoms with E-state index in [0.29, 0.717) is 13.1 Å². The Bertz CT molecular complexity index is 496. The minimum Gasteiger partial charge on any atom is -0.394 e. The van der Waals surface area contributed by atoms with E-state index in [-0.39, 0.29) is 18.6 Å². The maximum atomic E-state index is 13.0. The van der Waals surface area contributed by atoms with Gasteiger partial charge >= 0.3 is 0 Å². The van der Waals surface area contributed by atoms with Crippen molar-refractivity contribution < 1.29 is 14.6 Å². The fourth-order valence-corrected chi connectivity index (χ4v) is 2.92. The highest BCUT2D eigenvalue weighted by atomic mass is 16.5. The molecular weight excluding hydrogens is 266 g/mol. The Morgan fingerprint density at radius 3 is 2.57 bits per heavy atom. The maximum absolute atomic E-state index is 13.0. The normalized spacial score (nSPS) is 22.1. The van der Waals surface area contributed by atoms with Crippen LogP contribution in [0.4, 0.5) is 0 Å². The summed E-state index contributed by atoms with van der Waals surface area (Å²) in [6.07, 6.45) is -0.315. The van der Waals surface area contributed by atoms with Crippen molar-refractivity contribution in [1.29, 1.82) is 0 Å². The highest BCUT2D eigenvalue weighted by Crippen LogP contribution is 2.29. The van der Waals surface area contributed by atoms with Gasteiger partial charge in [-0.3, -0.25) is 4.79 Å². The van der Waals surface area contributed by atoms with Crippen molar-refractivity contribution >= 4 is 5.91 Å². The van der Waals surface area contributed by atoms with Gasteiger partial charge in [0.05, 0.1) is 23.7 Å². The molecule has 1 heterocycles. The molecule has 1 saturated heterocycles. The predicted molar refractivity (Wildman–Crippen MR) is 82.1 cm³/mol. The highest BCUT2D eigenvalue weighted by Gasteiger charge is 2.40. The molecule has 1 N–H and O–H groups in total. The second kappa shape index (κ2) is 5.78. The Labute approximate surface area is 126 Å². The second-order valence-corrected chi connectivity index (χ2v) is 6.86. The molecule has 1 aliphatic rings. The number of carbonyl (C=O) groups excluding carboxylic acids is 1. The van der Waals surface area contributed by atoms with Crippen molar-refractivity contribution in [2.24, 2.45) is 0 Å². The third-order valence-corrected chi connectivity index (χ3v) is 4.00. The molecule has 0 spiro atoms. The SMILES string of the molecule is CC1(C)CN(C(=O)C(C)(C)c2ccccc2)CC(CO)O1. The summed E-state index contributed by atoms with van der Waals surface area (Å²) in [6.45, 7) is 8.70. The number of amides is 1. The maximum Gasteiger partial charge on any atom is 0.232 e. The molecular formula is C17H25NO3. The molecule has 1 amide bonds. The first-order valence-corrected chi connectivity index (χ1v) is 7.40. The van der Waals surface area contributed by atoms with Gasteiger partial charge in [-0.25, -0.2) is 0 Å². The minimum absolute atomic E-state index is 0.0705. The molecule has 1 unspecified atom stereocenters. The zero-order valence-electron chi connectivity index (χ0n) is 13.3. The first-order valence-electron chi connectivity index (χ1n) is 7.40. The number of aliphatic hydroxyl groups excluding tert-OH is 1. The van der Waals surface area contributed by atoms with Gasteiger partial charge in [-0.15, -0.1) is 0 Å². The Morgan fingerprint density at radius 2 is 2.00 bits per heavy atom. The standard InChI is InChI=1S/C17H25NO3/c1-16(2)12-18(10-14(11-19)21-16)15(20)17(3,4)13-8-6-5-7-9-13/h5-9,14,19H,10-12H2,1-4H3. The average molecular weight is 291 g/mol. The number of benzene rings is 1. The third kappa shape index (κ3) is 3.44. The van der Waals surface area contributed by atoms with Gasteiger partial charge in [0.1, 0.15) is 0 Å². The van der Waals surface area contributed by atoms with Crippen LogP contribution in [0.1, 0.15) is 33.3 Å². The van der Waals surface area contributed by atoms with E-state index in [1.807, 2.05) is 62.9 Å². The fourth-order valence-electron chi connectivity index (χ4n) is 2.92. The van der Waals surface area contributed by atoms with E-state index in [9.17, 15) is 9.90 Å². The fraction of sp³-hybridized carbons (Fsp3) is 0.588. The number of hydrogen-bond donors (Lipinski definition) is 1. The lowest BCUT2D eigenvalue weighted by molar-refractivity contribution is -0.170. The molecule has 0 radical (unpaired) electrons. The molecule has 1 fully saturated rings. The first-order chi connectivity index (χ1) is 9.76. The van der Waals surface area contributed by atoms with Gasteiger partial charge in [0.2, 0.25) is 5.91 Å². The van der Waals surface area contributed by atoms with Crippen molar-refractivity contribution in [2.75, 3.05) is 19.7 Å². The van der Waals surface area contributed by atoms with Crippen LogP contribution in [0.3, 0.4) is 0 Å². The molecule has 1 atom stereocenters. The summed E-state index contributed by atoms with van der Waals surface area (Å²) in [5.74, 6) is 0.0727. The summed E-state index contributed by atoms with van der Waals surface area (Å²) < 4.78 is 5.78. The number of nitrogens with zero attached hydrogens (tertiary/aromatic N) is 1. The molecule has 21 heavy (non-hydrogen) atoms. The number of rotatable bonds is 3. The van der Waals surface area contributed by atoms with Gasteiger partial charge < -0.3 is 14.7 Å². The molecule has 1 aliphatic heterocycles. The summed E-state index contributed by atoms with van der Waals surface area (Å²) in [5, 5.41) is 9.38. The molecule has 0 aliphatic carbocycles. The Kier molecular flexibility index (Phi) is 4.40. The lowest BCUT2D eigenvalue weighted by Crippen LogP contribution is -2.58. The van der Waals surface area contributed by atoms with Crippen molar-refractivity contribution in [1.82, 2.24) is 4.90 Å². The van der Waals surface area contributed by atoms with Crippen LogP contribution in [0.15, 0.2) is 30.3 Å². The summed E-state index contributed by atoms with van der Waals surface area (Å²) in [7, 11) is 0. The van der Waals surface area contributed by atoms with E-state index in [4.69, 9.17) is 4.74 Å². The molecule has 116 valence electrons. The average Bonchev–Trinajstić information content (AvgIpc) is 2.45. The highest BCUT2D eigenvalue weighted by molar-refractivity contribution is 5.87. The van der Waals surface area contributed by atoms with Crippen molar-refractivity contribution in [3.63, 3.8) is 0 Å². The minimum atomic E-state index is -0.589. The molecule has 1 aromatic carbocycles. The molecule has 4 nitrogen and oxygen atoms in total. The van der Waals surface area contributed by atoms with Crippen LogP contribution in [-0.4, -0.2) is 47.3 Å². The quantitative estimate of drug-likeness (QED) is 0.926. The zero-order valence-corrected chi connectivity index (χ0v) is 13.3. The summed E-state index contributed by atoms with van der Waals surface area (Å²) in [5.41, 5.74) is -0.0252. The largest absolute Gasteiger partial charge is 0.394 e. The molecule has 1 aromatic rings. The van der Waals surface area contributed by atoms with Crippen LogP contribution in [0.2, 0.25) is 0 Å². The van der Waals surface area contributed by atoms with Crippen LogP contribution < -0.4 is 0 Å². The number of hydrogen-bond acceptors (Lipinski definition) is 3.